The van der Waals surface area contributed by atoms with Gasteiger partial charge in [-0.25, -0.2) is 0 Å². The van der Waals surface area contributed by atoms with Crippen LogP contribution in [-0.4, -0.2) is 41.4 Å². The van der Waals surface area contributed by atoms with Gasteiger partial charge in [-0.1, -0.05) is 0 Å². The lowest BCUT2D eigenvalue weighted by atomic mass is 10.2. The van der Waals surface area contributed by atoms with Crippen molar-refractivity contribution in [1.29, 1.82) is 0 Å². The van der Waals surface area contributed by atoms with Crippen molar-refractivity contribution in [2.24, 2.45) is 0 Å². The Morgan fingerprint density at radius 1 is 1.00 bits per heavy atom. The van der Waals surface area contributed by atoms with Gasteiger partial charge in [0.2, 0.25) is 0 Å². The second-order valence-corrected chi connectivity index (χ2v) is 4.94. The second-order valence-electron chi connectivity index (χ2n) is 4.94. The van der Waals surface area contributed by atoms with Gasteiger partial charge in [-0.3, -0.25) is 4.98 Å². The van der Waals surface area contributed by atoms with Gasteiger partial charge in [0.05, 0.1) is 23.3 Å². The molecule has 3 rings (SSSR count). The van der Waals surface area contributed by atoms with Crippen LogP contribution in [0.1, 0.15) is 5.69 Å². The molecule has 6 nitrogen and oxygen atoms in total. The van der Waals surface area contributed by atoms with Crippen LogP contribution in [0.3, 0.4) is 0 Å². The first kappa shape index (κ1) is 12.7. The van der Waals surface area contributed by atoms with Gasteiger partial charge in [-0.2, -0.15) is 5.10 Å². The molecule has 0 aliphatic carbocycles. The highest BCUT2D eigenvalue weighted by atomic mass is 15.3. The maximum Gasteiger partial charge on any atom is 0.151 e. The number of hydrogen-bond donors (Lipinski definition) is 1. The van der Waals surface area contributed by atoms with Crippen molar-refractivity contribution in [2.45, 2.75) is 6.92 Å². The molecule has 1 aliphatic rings. The number of rotatable bonds is 2. The standard InChI is InChI=1S/C14H18N6/c1-11-2-3-14(18-17-11)20-8-6-19(7-9-20)13-4-5-16-10-12(13)15/h2-5,10H,6-9,15H2,1H3. The SMILES string of the molecule is Cc1ccc(N2CCN(c3ccncc3N)CC2)nn1. The van der Waals surface area contributed by atoms with Crippen molar-refractivity contribution in [3.63, 3.8) is 0 Å². The zero-order valence-corrected chi connectivity index (χ0v) is 11.5. The first-order valence-electron chi connectivity index (χ1n) is 6.74. The lowest BCUT2D eigenvalue weighted by Gasteiger charge is -2.36. The topological polar surface area (TPSA) is 71.2 Å². The molecule has 1 fully saturated rings. The fourth-order valence-electron chi connectivity index (χ4n) is 2.42. The molecule has 2 N–H and O–H groups in total. The maximum absolute atomic E-state index is 5.97. The zero-order chi connectivity index (χ0) is 13.9. The smallest absolute Gasteiger partial charge is 0.151 e. The van der Waals surface area contributed by atoms with Gasteiger partial charge in [0, 0.05) is 32.4 Å². The Bertz CT molecular complexity index is 574. The van der Waals surface area contributed by atoms with E-state index in [0.717, 1.165) is 49.1 Å². The van der Waals surface area contributed by atoms with Gasteiger partial charge in [0.25, 0.3) is 0 Å². The fourth-order valence-corrected chi connectivity index (χ4v) is 2.42. The summed E-state index contributed by atoms with van der Waals surface area (Å²) in [5.74, 6) is 0.943. The van der Waals surface area contributed by atoms with Crippen LogP contribution in [0.25, 0.3) is 0 Å². The van der Waals surface area contributed by atoms with Crippen molar-refractivity contribution < 1.29 is 0 Å². The minimum absolute atomic E-state index is 0.732. The molecule has 1 aliphatic heterocycles. The van der Waals surface area contributed by atoms with E-state index in [2.05, 4.69) is 25.0 Å². The lowest BCUT2D eigenvalue weighted by molar-refractivity contribution is 0.643. The van der Waals surface area contributed by atoms with E-state index in [1.54, 1.807) is 12.4 Å². The zero-order valence-electron chi connectivity index (χ0n) is 11.5. The van der Waals surface area contributed by atoms with E-state index < -0.39 is 0 Å². The number of pyridine rings is 1. The van der Waals surface area contributed by atoms with Crippen LogP contribution in [0.15, 0.2) is 30.6 Å². The van der Waals surface area contributed by atoms with E-state index in [1.165, 1.54) is 0 Å². The Labute approximate surface area is 118 Å². The first-order chi connectivity index (χ1) is 9.74. The summed E-state index contributed by atoms with van der Waals surface area (Å²) in [7, 11) is 0. The first-order valence-corrected chi connectivity index (χ1v) is 6.74. The number of anilines is 3. The van der Waals surface area contributed by atoms with Crippen LogP contribution in [0.5, 0.6) is 0 Å². The van der Waals surface area contributed by atoms with Crippen LogP contribution >= 0.6 is 0 Å². The summed E-state index contributed by atoms with van der Waals surface area (Å²) in [5.41, 5.74) is 8.71. The molecule has 2 aromatic rings. The van der Waals surface area contributed by atoms with Gasteiger partial charge in [-0.15, -0.1) is 5.10 Å². The van der Waals surface area contributed by atoms with Crippen molar-refractivity contribution in [3.8, 4) is 0 Å². The van der Waals surface area contributed by atoms with Gasteiger partial charge in [0.1, 0.15) is 0 Å². The minimum atomic E-state index is 0.732. The summed E-state index contributed by atoms with van der Waals surface area (Å²) in [6.07, 6.45) is 3.48. The molecule has 3 heterocycles. The molecule has 0 radical (unpaired) electrons. The summed E-state index contributed by atoms with van der Waals surface area (Å²) in [5, 5.41) is 8.35. The molecule has 0 bridgehead atoms. The third kappa shape index (κ3) is 2.49. The van der Waals surface area contributed by atoms with E-state index in [0.29, 0.717) is 0 Å². The molecular weight excluding hydrogens is 252 g/mol. The Morgan fingerprint density at radius 2 is 1.75 bits per heavy atom. The largest absolute Gasteiger partial charge is 0.396 e. The predicted octanol–water partition coefficient (Wildman–Crippen LogP) is 1.09. The highest BCUT2D eigenvalue weighted by Crippen LogP contribution is 2.23. The molecule has 104 valence electrons. The van der Waals surface area contributed by atoms with Crippen LogP contribution in [0, 0.1) is 6.92 Å². The summed E-state index contributed by atoms with van der Waals surface area (Å²) < 4.78 is 0. The number of piperazine rings is 1. The molecule has 0 aromatic carbocycles. The Balaban J connectivity index is 1.68. The average Bonchev–Trinajstić information content (AvgIpc) is 2.49. The van der Waals surface area contributed by atoms with Gasteiger partial charge >= 0.3 is 0 Å². The van der Waals surface area contributed by atoms with Crippen molar-refractivity contribution >= 4 is 17.2 Å². The van der Waals surface area contributed by atoms with Gasteiger partial charge in [0.15, 0.2) is 5.82 Å². The normalized spacial score (nSPS) is 15.4. The number of nitrogens with two attached hydrogens (primary N) is 1. The molecule has 0 atom stereocenters. The van der Waals surface area contributed by atoms with E-state index in [-0.39, 0.29) is 0 Å². The third-order valence-corrected chi connectivity index (χ3v) is 3.56. The van der Waals surface area contributed by atoms with E-state index in [4.69, 9.17) is 5.73 Å². The highest BCUT2D eigenvalue weighted by Gasteiger charge is 2.19. The molecular formula is C14H18N6. The molecule has 0 unspecified atom stereocenters. The van der Waals surface area contributed by atoms with Crippen LogP contribution in [0.2, 0.25) is 0 Å². The van der Waals surface area contributed by atoms with E-state index >= 15 is 0 Å². The summed E-state index contributed by atoms with van der Waals surface area (Å²) in [6, 6.07) is 5.99. The Kier molecular flexibility index (Phi) is 3.37. The summed E-state index contributed by atoms with van der Waals surface area (Å²) >= 11 is 0. The average molecular weight is 270 g/mol. The monoisotopic (exact) mass is 270 g/mol. The fraction of sp³-hybridized carbons (Fsp3) is 0.357. The summed E-state index contributed by atoms with van der Waals surface area (Å²) in [6.45, 7) is 5.62. The molecule has 0 spiro atoms. The number of hydrogen-bond acceptors (Lipinski definition) is 6. The Hall–Kier alpha value is -2.37. The van der Waals surface area contributed by atoms with Crippen molar-refractivity contribution in [1.82, 2.24) is 15.2 Å². The number of aryl methyl sites for hydroxylation is 1. The molecule has 20 heavy (non-hydrogen) atoms. The van der Waals surface area contributed by atoms with Crippen molar-refractivity contribution in [3.05, 3.63) is 36.3 Å². The van der Waals surface area contributed by atoms with Crippen LogP contribution < -0.4 is 15.5 Å². The maximum atomic E-state index is 5.97. The Morgan fingerprint density at radius 3 is 2.40 bits per heavy atom. The lowest BCUT2D eigenvalue weighted by Crippen LogP contribution is -2.47. The van der Waals surface area contributed by atoms with Crippen LogP contribution in [-0.2, 0) is 0 Å². The van der Waals surface area contributed by atoms with Crippen LogP contribution in [0.4, 0.5) is 17.2 Å². The van der Waals surface area contributed by atoms with Gasteiger partial charge < -0.3 is 15.5 Å². The van der Waals surface area contributed by atoms with Gasteiger partial charge in [-0.05, 0) is 25.1 Å². The third-order valence-electron chi connectivity index (χ3n) is 3.56. The molecule has 1 saturated heterocycles. The second kappa shape index (κ2) is 5.32. The summed E-state index contributed by atoms with van der Waals surface area (Å²) in [4.78, 5) is 8.57. The highest BCUT2D eigenvalue weighted by molar-refractivity contribution is 5.66. The number of nitrogens with zero attached hydrogens (tertiary/aromatic N) is 5. The molecule has 2 aromatic heterocycles. The minimum Gasteiger partial charge on any atom is -0.396 e. The van der Waals surface area contributed by atoms with Crippen molar-refractivity contribution in [2.75, 3.05) is 41.7 Å². The van der Waals surface area contributed by atoms with E-state index in [9.17, 15) is 0 Å². The molecule has 0 saturated carbocycles. The predicted molar refractivity (Wildman–Crippen MR) is 79.8 cm³/mol. The number of nitrogen functional groups attached to an aromatic ring is 1. The molecule has 0 amide bonds. The molecule has 6 heteroatoms. The van der Waals surface area contributed by atoms with E-state index in [1.807, 2.05) is 25.1 Å². The quantitative estimate of drug-likeness (QED) is 0.880. The number of aromatic nitrogens is 3.